The van der Waals surface area contributed by atoms with Crippen LogP contribution >= 0.6 is 11.8 Å². The third kappa shape index (κ3) is 13.4. The molecule has 0 unspecified atom stereocenters. The molecule has 12 heavy (non-hydrogen) atoms. The van der Waals surface area contributed by atoms with E-state index in [0.29, 0.717) is 6.42 Å². The highest BCUT2D eigenvalue weighted by Gasteiger charge is 2.08. The van der Waals surface area contributed by atoms with E-state index < -0.39 is 12.0 Å². The standard InChI is InChI=1S/C5H11NO2S.CH4S.HI/c1-9-3-2-4(6)5(7)8;1-2;/h4H,2-3,6H2,1H3,(H,7,8);2H,1H3;1H/t4-;;/m1../s1. The molecule has 1 atom stereocenters. The molecule has 0 aromatic carbocycles. The average molecular weight is 325 g/mol. The Morgan fingerprint density at radius 1 is 1.67 bits per heavy atom. The zero-order valence-electron chi connectivity index (χ0n) is 7.21. The molecule has 0 radical (unpaired) electrons. The summed E-state index contributed by atoms with van der Waals surface area (Å²) in [6.07, 6.45) is 4.28. The van der Waals surface area contributed by atoms with E-state index in [1.807, 2.05) is 6.26 Å². The molecule has 6 heteroatoms. The molecule has 0 saturated carbocycles. The molecule has 76 valence electrons. The van der Waals surface area contributed by atoms with Crippen molar-refractivity contribution in [3.05, 3.63) is 0 Å². The van der Waals surface area contributed by atoms with Crippen LogP contribution in [-0.2, 0) is 17.4 Å². The lowest BCUT2D eigenvalue weighted by Gasteiger charge is -2.02. The molecule has 3 nitrogen and oxygen atoms in total. The maximum Gasteiger partial charge on any atom is 0.320 e. The molecule has 0 rings (SSSR count). The summed E-state index contributed by atoms with van der Waals surface area (Å²) in [5.41, 5.74) is 5.19. The van der Waals surface area contributed by atoms with Gasteiger partial charge in [-0.3, -0.25) is 4.79 Å². The molecule has 0 aliphatic rings. The van der Waals surface area contributed by atoms with E-state index in [9.17, 15) is 4.79 Å². The van der Waals surface area contributed by atoms with Crippen LogP contribution < -0.4 is 29.7 Å². The van der Waals surface area contributed by atoms with Crippen molar-refractivity contribution in [3.8, 4) is 0 Å². The molecule has 0 aromatic rings. The highest BCUT2D eigenvalue weighted by atomic mass is 127. The van der Waals surface area contributed by atoms with Gasteiger partial charge < -0.3 is 34.8 Å². The van der Waals surface area contributed by atoms with Crippen molar-refractivity contribution in [2.75, 3.05) is 18.3 Å². The Labute approximate surface area is 100 Å². The fourth-order valence-electron chi connectivity index (χ4n) is 0.368. The number of halogens is 1. The molecular weight excluding hydrogens is 309 g/mol. The predicted molar refractivity (Wildman–Crippen MR) is 54.7 cm³/mol. The molecule has 0 aromatic heterocycles. The highest BCUT2D eigenvalue weighted by molar-refractivity contribution is 7.98. The van der Waals surface area contributed by atoms with Crippen LogP contribution in [0.15, 0.2) is 0 Å². The fourth-order valence-corrected chi connectivity index (χ4v) is 0.858. The second kappa shape index (κ2) is 14.4. The number of carboxylic acid groups (broad SMARTS) is 1. The average Bonchev–Trinajstić information content (AvgIpc) is 2.03. The van der Waals surface area contributed by atoms with Gasteiger partial charge in [0, 0.05) is 0 Å². The lowest BCUT2D eigenvalue weighted by Crippen LogP contribution is -3.00. The van der Waals surface area contributed by atoms with Gasteiger partial charge in [0.25, 0.3) is 0 Å². The minimum absolute atomic E-state index is 0. The summed E-state index contributed by atoms with van der Waals surface area (Å²) in [6.45, 7) is 0. The van der Waals surface area contributed by atoms with E-state index in [0.717, 1.165) is 5.75 Å². The van der Waals surface area contributed by atoms with E-state index in [2.05, 4.69) is 12.6 Å². The first-order valence-electron chi connectivity index (χ1n) is 3.15. The Bertz CT molecular complexity index is 106. The molecule has 0 heterocycles. The fraction of sp³-hybridized carbons (Fsp3) is 0.833. The zero-order chi connectivity index (χ0) is 9.28. The molecule has 0 spiro atoms. The molecule has 0 aliphatic carbocycles. The van der Waals surface area contributed by atoms with E-state index in [-0.39, 0.29) is 24.0 Å². The first-order chi connectivity index (χ1) is 5.18. The van der Waals surface area contributed by atoms with Gasteiger partial charge in [-0.05, 0) is 31.1 Å². The summed E-state index contributed by atoms with van der Waals surface area (Å²) < 4.78 is 0. The lowest BCUT2D eigenvalue weighted by molar-refractivity contribution is -0.138. The number of thioether (sulfide) groups is 1. The van der Waals surface area contributed by atoms with Crippen LogP contribution in [0.1, 0.15) is 6.42 Å². The monoisotopic (exact) mass is 325 g/mol. The van der Waals surface area contributed by atoms with Gasteiger partial charge in [0.05, 0.1) is 6.26 Å². The molecule has 3 N–H and O–H groups in total. The molecule has 0 saturated heterocycles. The molecule has 0 fully saturated rings. The van der Waals surface area contributed by atoms with Crippen molar-refractivity contribution in [2.24, 2.45) is 5.73 Å². The quantitative estimate of drug-likeness (QED) is 0.422. The van der Waals surface area contributed by atoms with Gasteiger partial charge in [-0.15, -0.1) is 0 Å². The Balaban J connectivity index is -0.000000249. The maximum absolute atomic E-state index is 10.1. The van der Waals surface area contributed by atoms with Gasteiger partial charge in [0.2, 0.25) is 0 Å². The second-order valence-corrected chi connectivity index (χ2v) is 2.71. The van der Waals surface area contributed by atoms with Crippen LogP contribution in [0, 0.1) is 0 Å². The number of carboxylic acids is 1. The van der Waals surface area contributed by atoms with E-state index in [1.165, 1.54) is 0 Å². The van der Waals surface area contributed by atoms with Crippen molar-refractivity contribution in [2.45, 2.75) is 12.5 Å². The third-order valence-electron chi connectivity index (χ3n) is 0.950. The largest absolute Gasteiger partial charge is 1.00 e. The van der Waals surface area contributed by atoms with Crippen molar-refractivity contribution < 1.29 is 33.9 Å². The Kier molecular flexibility index (Phi) is 22.3. The van der Waals surface area contributed by atoms with Gasteiger partial charge in [0.1, 0.15) is 6.04 Å². The normalized spacial score (nSPS) is 10.3. The number of hydrogen-bond donors (Lipinski definition) is 2. The molecule has 0 aliphatic heterocycles. The highest BCUT2D eigenvalue weighted by Crippen LogP contribution is 1.97. The molecule has 0 amide bonds. The minimum Gasteiger partial charge on any atom is -1.00 e. The summed E-state index contributed by atoms with van der Waals surface area (Å²) >= 11 is 4.58. The van der Waals surface area contributed by atoms with E-state index in [4.69, 9.17) is 10.8 Å². The number of nitrogens with two attached hydrogens (primary N) is 1. The zero-order valence-corrected chi connectivity index (χ0v) is 11.2. The van der Waals surface area contributed by atoms with Crippen molar-refractivity contribution in [3.63, 3.8) is 0 Å². The van der Waals surface area contributed by atoms with Crippen LogP contribution in [0.4, 0.5) is 0 Å². The van der Waals surface area contributed by atoms with Crippen LogP contribution in [0.3, 0.4) is 0 Å². The van der Waals surface area contributed by atoms with Gasteiger partial charge in [-0.25, -0.2) is 0 Å². The Hall–Kier alpha value is 0.860. The predicted octanol–water partition coefficient (Wildman–Crippen LogP) is -3.22. The topological polar surface area (TPSA) is 63.3 Å². The number of aliphatic carboxylic acids is 1. The van der Waals surface area contributed by atoms with Crippen LogP contribution in [0.2, 0.25) is 0 Å². The smallest absolute Gasteiger partial charge is 0.320 e. The number of rotatable bonds is 4. The van der Waals surface area contributed by atoms with E-state index >= 15 is 0 Å². The van der Waals surface area contributed by atoms with Crippen molar-refractivity contribution in [1.82, 2.24) is 0 Å². The van der Waals surface area contributed by atoms with Gasteiger partial charge >= 0.3 is 5.97 Å². The van der Waals surface area contributed by atoms with Crippen LogP contribution in [-0.4, -0.2) is 35.4 Å². The third-order valence-corrected chi connectivity index (χ3v) is 1.59. The first kappa shape index (κ1) is 18.6. The Morgan fingerprint density at radius 2 is 2.08 bits per heavy atom. The summed E-state index contributed by atoms with van der Waals surface area (Å²) in [7, 11) is 0. The van der Waals surface area contributed by atoms with Crippen LogP contribution in [0.5, 0.6) is 0 Å². The van der Waals surface area contributed by atoms with Crippen LogP contribution in [0.25, 0.3) is 0 Å². The number of hydrogen-bond acceptors (Lipinski definition) is 3. The molecular formula is C6H16INO2S2. The van der Waals surface area contributed by atoms with Gasteiger partial charge in [0.15, 0.2) is 0 Å². The molecule has 0 bridgehead atoms. The first-order valence-corrected chi connectivity index (χ1v) is 5.55. The minimum atomic E-state index is -0.913. The summed E-state index contributed by atoms with van der Waals surface area (Å²) in [5, 5.41) is 8.27. The lowest BCUT2D eigenvalue weighted by atomic mass is 10.2. The second-order valence-electron chi connectivity index (χ2n) is 1.73. The summed E-state index contributed by atoms with van der Waals surface area (Å²) in [5.74, 6) is -0.1000. The Morgan fingerprint density at radius 3 is 2.33 bits per heavy atom. The summed E-state index contributed by atoms with van der Waals surface area (Å²) in [4.78, 5) is 10.1. The van der Waals surface area contributed by atoms with Gasteiger partial charge in [-0.1, -0.05) is 0 Å². The number of carbonyl (C=O) groups is 1. The summed E-state index contributed by atoms with van der Waals surface area (Å²) in [6, 6.07) is -0.683. The van der Waals surface area contributed by atoms with Crippen molar-refractivity contribution in [1.29, 1.82) is 0 Å². The maximum atomic E-state index is 10.1. The van der Waals surface area contributed by atoms with Gasteiger partial charge in [-0.2, -0.15) is 11.8 Å². The van der Waals surface area contributed by atoms with E-state index in [1.54, 1.807) is 18.0 Å². The van der Waals surface area contributed by atoms with Crippen molar-refractivity contribution >= 4 is 30.4 Å². The SMILES string of the molecule is CSCC[C@@H](N)C(=O)O.C[SH2+].[I-].